The molecule has 3 heterocycles. The number of carbonyl (C=O) groups is 2. The summed E-state index contributed by atoms with van der Waals surface area (Å²) in [5.74, 6) is -0.445. The first-order valence-electron chi connectivity index (χ1n) is 10.9. The third-order valence-corrected chi connectivity index (χ3v) is 5.77. The highest BCUT2D eigenvalue weighted by atomic mass is 19.1. The molecule has 4 N–H and O–H groups in total. The largest absolute Gasteiger partial charge is 0.443 e. The minimum Gasteiger partial charge on any atom is -0.443 e. The molecule has 0 saturated carbocycles. The molecule has 1 aromatic carbocycles. The Labute approximate surface area is 191 Å². The standard InChI is InChI=1S/C22H28FN7O3/c1-15(16-3-2-6-25-13-16)27-21(31)30-10-9-28(8-7-26-30)20-5-4-17(11-19(20)23)29-14-18(12-24)33-22(29)32/h2-6,11,13,15,18,26H,7-10,12,14,24H2,1H3,(H,27,31)/t15?,18-/m0/s1. The summed E-state index contributed by atoms with van der Waals surface area (Å²) in [7, 11) is 0. The fourth-order valence-electron chi connectivity index (χ4n) is 3.90. The highest BCUT2D eigenvalue weighted by molar-refractivity contribution is 5.90. The van der Waals surface area contributed by atoms with Gasteiger partial charge in [-0.2, -0.15) is 0 Å². The number of aromatic nitrogens is 1. The Morgan fingerprint density at radius 3 is 2.91 bits per heavy atom. The number of cyclic esters (lactones) is 1. The molecule has 2 aliphatic rings. The minimum absolute atomic E-state index is 0.200. The lowest BCUT2D eigenvalue weighted by Gasteiger charge is -2.25. The first-order chi connectivity index (χ1) is 16.0. The second-order valence-electron chi connectivity index (χ2n) is 7.99. The van der Waals surface area contributed by atoms with Crippen molar-refractivity contribution >= 4 is 23.5 Å². The van der Waals surface area contributed by atoms with E-state index in [1.165, 1.54) is 16.0 Å². The van der Waals surface area contributed by atoms with Gasteiger partial charge >= 0.3 is 12.1 Å². The Morgan fingerprint density at radius 1 is 1.36 bits per heavy atom. The quantitative estimate of drug-likeness (QED) is 0.625. The van der Waals surface area contributed by atoms with Gasteiger partial charge in [-0.15, -0.1) is 0 Å². The Balaban J connectivity index is 1.37. The number of anilines is 2. The summed E-state index contributed by atoms with van der Waals surface area (Å²) >= 11 is 0. The number of rotatable bonds is 5. The van der Waals surface area contributed by atoms with Crippen LogP contribution in [0.3, 0.4) is 0 Å². The topological polar surface area (TPSA) is 116 Å². The summed E-state index contributed by atoms with van der Waals surface area (Å²) in [4.78, 5) is 32.0. The molecule has 3 amide bonds. The molecule has 1 unspecified atom stereocenters. The maximum atomic E-state index is 15.0. The number of hydrazine groups is 1. The van der Waals surface area contributed by atoms with Crippen molar-refractivity contribution in [2.24, 2.45) is 5.73 Å². The normalized spacial score (nSPS) is 19.8. The molecule has 2 saturated heterocycles. The van der Waals surface area contributed by atoms with Crippen LogP contribution in [-0.2, 0) is 4.74 Å². The number of urea groups is 1. The minimum atomic E-state index is -0.529. The zero-order valence-corrected chi connectivity index (χ0v) is 18.4. The van der Waals surface area contributed by atoms with Gasteiger partial charge in [-0.05, 0) is 36.8 Å². The number of nitrogens with two attached hydrogens (primary N) is 1. The number of carbonyl (C=O) groups excluding carboxylic acids is 2. The molecule has 0 spiro atoms. The van der Waals surface area contributed by atoms with E-state index < -0.39 is 18.0 Å². The number of nitrogens with one attached hydrogen (secondary N) is 2. The molecule has 11 heteroatoms. The van der Waals surface area contributed by atoms with Crippen molar-refractivity contribution in [2.75, 3.05) is 49.1 Å². The van der Waals surface area contributed by atoms with Gasteiger partial charge in [-0.25, -0.2) is 19.4 Å². The third kappa shape index (κ3) is 5.15. The number of halogens is 1. The van der Waals surface area contributed by atoms with E-state index >= 15 is 0 Å². The van der Waals surface area contributed by atoms with E-state index in [0.717, 1.165) is 5.56 Å². The van der Waals surface area contributed by atoms with E-state index in [4.69, 9.17) is 10.5 Å². The first kappa shape index (κ1) is 22.7. The van der Waals surface area contributed by atoms with Crippen LogP contribution in [0.15, 0.2) is 42.7 Å². The molecule has 2 atom stereocenters. The van der Waals surface area contributed by atoms with Crippen molar-refractivity contribution < 1.29 is 18.7 Å². The number of benzene rings is 1. The van der Waals surface area contributed by atoms with Crippen LogP contribution in [-0.4, -0.2) is 67.5 Å². The summed E-state index contributed by atoms with van der Waals surface area (Å²) < 4.78 is 20.1. The number of hydrogen-bond acceptors (Lipinski definition) is 7. The zero-order valence-electron chi connectivity index (χ0n) is 18.4. The smallest absolute Gasteiger partial charge is 0.414 e. The molecule has 2 fully saturated rings. The van der Waals surface area contributed by atoms with Crippen LogP contribution >= 0.6 is 0 Å². The summed E-state index contributed by atoms with van der Waals surface area (Å²) in [5.41, 5.74) is 10.4. The van der Waals surface area contributed by atoms with Crippen LogP contribution in [0, 0.1) is 5.82 Å². The molecule has 0 radical (unpaired) electrons. The second-order valence-corrected chi connectivity index (χ2v) is 7.99. The third-order valence-electron chi connectivity index (χ3n) is 5.77. The number of pyridine rings is 1. The molecule has 2 aliphatic heterocycles. The van der Waals surface area contributed by atoms with Crippen LogP contribution in [0.5, 0.6) is 0 Å². The van der Waals surface area contributed by atoms with Crippen LogP contribution in [0.25, 0.3) is 0 Å². The lowest BCUT2D eigenvalue weighted by Crippen LogP contribution is -2.49. The van der Waals surface area contributed by atoms with Crippen LogP contribution < -0.4 is 26.3 Å². The summed E-state index contributed by atoms with van der Waals surface area (Å²) in [5, 5.41) is 4.45. The Hall–Kier alpha value is -3.44. The van der Waals surface area contributed by atoms with Gasteiger partial charge in [0.05, 0.1) is 30.5 Å². The van der Waals surface area contributed by atoms with Gasteiger partial charge in [0.15, 0.2) is 0 Å². The Kier molecular flexibility index (Phi) is 6.90. The van der Waals surface area contributed by atoms with Gasteiger partial charge in [0, 0.05) is 38.6 Å². The number of ether oxygens (including phenoxy) is 1. The van der Waals surface area contributed by atoms with Gasteiger partial charge in [-0.1, -0.05) is 6.07 Å². The van der Waals surface area contributed by atoms with Crippen LogP contribution in [0.4, 0.5) is 25.4 Å². The van der Waals surface area contributed by atoms with E-state index in [-0.39, 0.29) is 18.6 Å². The molecule has 33 heavy (non-hydrogen) atoms. The molecular weight excluding hydrogens is 429 g/mol. The van der Waals surface area contributed by atoms with Crippen molar-refractivity contribution in [1.29, 1.82) is 0 Å². The van der Waals surface area contributed by atoms with E-state index in [1.54, 1.807) is 24.5 Å². The van der Waals surface area contributed by atoms with Gasteiger partial charge in [0.1, 0.15) is 11.9 Å². The molecule has 176 valence electrons. The molecule has 4 rings (SSSR count). The van der Waals surface area contributed by atoms with Crippen LogP contribution in [0.1, 0.15) is 18.5 Å². The zero-order chi connectivity index (χ0) is 23.4. The van der Waals surface area contributed by atoms with Gasteiger partial charge in [0.2, 0.25) is 0 Å². The second kappa shape index (κ2) is 10.0. The van der Waals surface area contributed by atoms with Crippen molar-refractivity contribution in [3.63, 3.8) is 0 Å². The molecule has 10 nitrogen and oxygen atoms in total. The molecule has 0 aliphatic carbocycles. The first-order valence-corrected chi connectivity index (χ1v) is 10.9. The predicted octanol–water partition coefficient (Wildman–Crippen LogP) is 1.60. The van der Waals surface area contributed by atoms with Gasteiger partial charge in [0.25, 0.3) is 0 Å². The van der Waals surface area contributed by atoms with Crippen LogP contribution in [0.2, 0.25) is 0 Å². The Morgan fingerprint density at radius 2 is 2.21 bits per heavy atom. The van der Waals surface area contributed by atoms with Crippen molar-refractivity contribution in [3.05, 3.63) is 54.1 Å². The summed E-state index contributed by atoms with van der Waals surface area (Å²) in [6, 6.07) is 7.93. The van der Waals surface area contributed by atoms with Crippen molar-refractivity contribution in [1.82, 2.24) is 20.7 Å². The Bertz CT molecular complexity index is 993. The highest BCUT2D eigenvalue weighted by Gasteiger charge is 2.32. The van der Waals surface area contributed by atoms with Crippen molar-refractivity contribution in [2.45, 2.75) is 19.1 Å². The predicted molar refractivity (Wildman–Crippen MR) is 121 cm³/mol. The lowest BCUT2D eigenvalue weighted by atomic mass is 10.1. The molecular formula is C22H28FN7O3. The average molecular weight is 458 g/mol. The number of nitrogens with zero attached hydrogens (tertiary/aromatic N) is 4. The number of amides is 3. The lowest BCUT2D eigenvalue weighted by molar-refractivity contribution is 0.145. The average Bonchev–Trinajstić information content (AvgIpc) is 3.03. The molecule has 2 aromatic rings. The maximum Gasteiger partial charge on any atom is 0.414 e. The molecule has 1 aromatic heterocycles. The molecule has 0 bridgehead atoms. The van der Waals surface area contributed by atoms with E-state index in [0.29, 0.717) is 44.1 Å². The van der Waals surface area contributed by atoms with E-state index in [1.807, 2.05) is 24.0 Å². The summed E-state index contributed by atoms with van der Waals surface area (Å²) in [6.45, 7) is 4.19. The highest BCUT2D eigenvalue weighted by Crippen LogP contribution is 2.28. The fraction of sp³-hybridized carbons (Fsp3) is 0.409. The van der Waals surface area contributed by atoms with Crippen molar-refractivity contribution in [3.8, 4) is 0 Å². The summed E-state index contributed by atoms with van der Waals surface area (Å²) in [6.07, 6.45) is 2.48. The van der Waals surface area contributed by atoms with Gasteiger partial charge in [-0.3, -0.25) is 14.9 Å². The maximum absolute atomic E-state index is 15.0. The van der Waals surface area contributed by atoms with E-state index in [2.05, 4.69) is 15.7 Å². The van der Waals surface area contributed by atoms with E-state index in [9.17, 15) is 14.0 Å². The SMILES string of the molecule is CC(NC(=O)N1CCN(c2ccc(N3C[C@H](CN)OC3=O)cc2F)CCN1)c1cccnc1. The fourth-order valence-corrected chi connectivity index (χ4v) is 3.90. The number of hydrogen-bond donors (Lipinski definition) is 3. The monoisotopic (exact) mass is 457 g/mol. The van der Waals surface area contributed by atoms with Gasteiger partial charge < -0.3 is 20.7 Å².